The second-order valence-electron chi connectivity index (χ2n) is 5.08. The summed E-state index contributed by atoms with van der Waals surface area (Å²) in [4.78, 5) is 10.9. The van der Waals surface area contributed by atoms with Gasteiger partial charge in [0.1, 0.15) is 12.1 Å². The monoisotopic (exact) mass is 261 g/mol. The molecule has 102 valence electrons. The summed E-state index contributed by atoms with van der Waals surface area (Å²) in [5.41, 5.74) is 0.961. The summed E-state index contributed by atoms with van der Waals surface area (Å²) >= 11 is 0. The summed E-state index contributed by atoms with van der Waals surface area (Å²) in [6.07, 6.45) is 5.84. The quantitative estimate of drug-likeness (QED) is 0.791. The van der Waals surface area contributed by atoms with Crippen LogP contribution >= 0.6 is 0 Å². The van der Waals surface area contributed by atoms with Crippen LogP contribution in [0.5, 0.6) is 0 Å². The molecule has 1 fully saturated rings. The third-order valence-electron chi connectivity index (χ3n) is 3.45. The zero-order valence-electron chi connectivity index (χ0n) is 11.2. The fourth-order valence-corrected chi connectivity index (χ4v) is 2.38. The number of unbranched alkanes of at least 4 members (excludes halogenated alkanes) is 1. The van der Waals surface area contributed by atoms with Gasteiger partial charge in [0.2, 0.25) is 0 Å². The van der Waals surface area contributed by atoms with E-state index >= 15 is 0 Å². The van der Waals surface area contributed by atoms with Crippen LogP contribution in [0.1, 0.15) is 31.4 Å². The molecule has 0 aliphatic heterocycles. The molecule has 1 saturated carbocycles. The lowest BCUT2D eigenvalue weighted by Gasteiger charge is -2.24. The lowest BCUT2D eigenvalue weighted by atomic mass is 10.3. The van der Waals surface area contributed by atoms with Gasteiger partial charge < -0.3 is 10.0 Å². The normalized spacial score (nSPS) is 15.1. The molecule has 0 unspecified atom stereocenters. The van der Waals surface area contributed by atoms with Crippen LogP contribution < -0.4 is 4.90 Å². The molecule has 0 bridgehead atoms. The molecular weight excluding hydrogens is 242 g/mol. The lowest BCUT2D eigenvalue weighted by molar-refractivity contribution is 0.285. The molecular formula is C13H19N5O. The largest absolute Gasteiger partial charge is 0.396 e. The smallest absolute Gasteiger partial charge is 0.254 e. The van der Waals surface area contributed by atoms with Crippen molar-refractivity contribution in [2.45, 2.75) is 38.6 Å². The number of fused-ring (bicyclic) bond motifs is 1. The molecule has 1 aliphatic carbocycles. The Morgan fingerprint density at radius 3 is 3.00 bits per heavy atom. The Morgan fingerprint density at radius 2 is 2.26 bits per heavy atom. The van der Waals surface area contributed by atoms with Crippen LogP contribution in [0.3, 0.4) is 0 Å². The third-order valence-corrected chi connectivity index (χ3v) is 3.45. The second-order valence-corrected chi connectivity index (χ2v) is 5.08. The van der Waals surface area contributed by atoms with E-state index in [1.54, 1.807) is 6.33 Å². The molecule has 1 N–H and O–H groups in total. The van der Waals surface area contributed by atoms with Gasteiger partial charge in [-0.1, -0.05) is 0 Å². The highest BCUT2D eigenvalue weighted by Gasteiger charge is 2.30. The Hall–Kier alpha value is -1.69. The molecule has 0 saturated heterocycles. The number of aryl methyl sites for hydroxylation is 1. The SMILES string of the molecule is Cc1cc(N(CCCCO)C2CC2)n2ncnc2n1. The molecule has 2 heterocycles. The van der Waals surface area contributed by atoms with Crippen molar-refractivity contribution in [3.8, 4) is 0 Å². The standard InChI is InChI=1S/C13H19N5O/c1-10-8-12(18-13(16-10)14-9-15-18)17(11-4-5-11)6-2-3-7-19/h8-9,11,19H,2-7H2,1H3. The van der Waals surface area contributed by atoms with E-state index < -0.39 is 0 Å². The molecule has 3 rings (SSSR count). The minimum absolute atomic E-state index is 0.257. The predicted octanol–water partition coefficient (Wildman–Crippen LogP) is 1.17. The minimum Gasteiger partial charge on any atom is -0.396 e. The Labute approximate surface area is 112 Å². The number of anilines is 1. The van der Waals surface area contributed by atoms with Gasteiger partial charge in [-0.05, 0) is 32.6 Å². The van der Waals surface area contributed by atoms with Gasteiger partial charge >= 0.3 is 0 Å². The van der Waals surface area contributed by atoms with Gasteiger partial charge in [-0.3, -0.25) is 0 Å². The third kappa shape index (κ3) is 2.53. The van der Waals surface area contributed by atoms with Crippen LogP contribution in [0.15, 0.2) is 12.4 Å². The first-order valence-corrected chi connectivity index (χ1v) is 6.84. The van der Waals surface area contributed by atoms with Gasteiger partial charge in [-0.25, -0.2) is 4.98 Å². The topological polar surface area (TPSA) is 66.5 Å². The average Bonchev–Trinajstić information content (AvgIpc) is 3.12. The van der Waals surface area contributed by atoms with Crippen molar-refractivity contribution in [3.63, 3.8) is 0 Å². The van der Waals surface area contributed by atoms with Crippen molar-refractivity contribution in [1.82, 2.24) is 19.6 Å². The molecule has 0 spiro atoms. The summed E-state index contributed by atoms with van der Waals surface area (Å²) in [6.45, 7) is 3.19. The molecule has 6 nitrogen and oxygen atoms in total. The number of hydrogen-bond donors (Lipinski definition) is 1. The highest BCUT2D eigenvalue weighted by molar-refractivity contribution is 5.48. The Balaban J connectivity index is 1.92. The average molecular weight is 261 g/mol. The molecule has 0 amide bonds. The molecule has 0 aromatic carbocycles. The lowest BCUT2D eigenvalue weighted by Crippen LogP contribution is -2.29. The fraction of sp³-hybridized carbons (Fsp3) is 0.615. The summed E-state index contributed by atoms with van der Waals surface area (Å²) in [6, 6.07) is 2.67. The Kier molecular flexibility index (Phi) is 3.33. The number of aromatic nitrogens is 4. The molecule has 0 radical (unpaired) electrons. The maximum Gasteiger partial charge on any atom is 0.254 e. The first kappa shape index (κ1) is 12.3. The van der Waals surface area contributed by atoms with Crippen molar-refractivity contribution >= 4 is 11.6 Å². The van der Waals surface area contributed by atoms with Crippen molar-refractivity contribution in [3.05, 3.63) is 18.1 Å². The van der Waals surface area contributed by atoms with E-state index in [4.69, 9.17) is 5.11 Å². The van der Waals surface area contributed by atoms with E-state index in [0.717, 1.165) is 30.9 Å². The number of aliphatic hydroxyl groups is 1. The summed E-state index contributed by atoms with van der Waals surface area (Å²) in [5, 5.41) is 13.2. The molecule has 1 aliphatic rings. The van der Waals surface area contributed by atoms with Crippen molar-refractivity contribution in [2.24, 2.45) is 0 Å². The van der Waals surface area contributed by atoms with Crippen LogP contribution in [0.2, 0.25) is 0 Å². The van der Waals surface area contributed by atoms with Crippen LogP contribution in [-0.2, 0) is 0 Å². The Morgan fingerprint density at radius 1 is 1.42 bits per heavy atom. The summed E-state index contributed by atoms with van der Waals surface area (Å²) < 4.78 is 1.81. The van der Waals surface area contributed by atoms with Crippen molar-refractivity contribution in [1.29, 1.82) is 0 Å². The van der Waals surface area contributed by atoms with E-state index in [0.29, 0.717) is 11.8 Å². The zero-order chi connectivity index (χ0) is 13.2. The summed E-state index contributed by atoms with van der Waals surface area (Å²) in [5.74, 6) is 1.73. The van der Waals surface area contributed by atoms with E-state index in [-0.39, 0.29) is 6.61 Å². The molecule has 19 heavy (non-hydrogen) atoms. The zero-order valence-corrected chi connectivity index (χ0v) is 11.2. The van der Waals surface area contributed by atoms with Gasteiger partial charge in [-0.2, -0.15) is 14.6 Å². The highest BCUT2D eigenvalue weighted by atomic mass is 16.2. The van der Waals surface area contributed by atoms with Crippen LogP contribution in [0, 0.1) is 6.92 Å². The van der Waals surface area contributed by atoms with Crippen molar-refractivity contribution < 1.29 is 5.11 Å². The molecule has 6 heteroatoms. The maximum atomic E-state index is 8.93. The van der Waals surface area contributed by atoms with Crippen molar-refractivity contribution in [2.75, 3.05) is 18.1 Å². The second kappa shape index (κ2) is 5.13. The van der Waals surface area contributed by atoms with Gasteiger partial charge in [0, 0.05) is 31.0 Å². The minimum atomic E-state index is 0.257. The molecule has 2 aromatic heterocycles. The maximum absolute atomic E-state index is 8.93. The number of nitrogens with zero attached hydrogens (tertiary/aromatic N) is 5. The first-order chi connectivity index (χ1) is 9.29. The predicted molar refractivity (Wildman–Crippen MR) is 72.2 cm³/mol. The molecule has 2 aromatic rings. The first-order valence-electron chi connectivity index (χ1n) is 6.84. The fourth-order valence-electron chi connectivity index (χ4n) is 2.38. The van der Waals surface area contributed by atoms with E-state index in [2.05, 4.69) is 26.0 Å². The summed E-state index contributed by atoms with van der Waals surface area (Å²) in [7, 11) is 0. The van der Waals surface area contributed by atoms with E-state index in [1.807, 2.05) is 11.4 Å². The van der Waals surface area contributed by atoms with Gasteiger partial charge in [0.05, 0.1) is 0 Å². The van der Waals surface area contributed by atoms with E-state index in [1.165, 1.54) is 12.8 Å². The number of aliphatic hydroxyl groups excluding tert-OH is 1. The van der Waals surface area contributed by atoms with Crippen LogP contribution in [0.25, 0.3) is 5.78 Å². The van der Waals surface area contributed by atoms with Gasteiger partial charge in [-0.15, -0.1) is 0 Å². The Bertz CT molecular complexity index is 563. The van der Waals surface area contributed by atoms with Gasteiger partial charge in [0.25, 0.3) is 5.78 Å². The molecule has 0 atom stereocenters. The van der Waals surface area contributed by atoms with Crippen LogP contribution in [-0.4, -0.2) is 43.9 Å². The number of hydrogen-bond acceptors (Lipinski definition) is 5. The van der Waals surface area contributed by atoms with Gasteiger partial charge in [0.15, 0.2) is 0 Å². The number of rotatable bonds is 6. The highest BCUT2D eigenvalue weighted by Crippen LogP contribution is 2.32. The van der Waals surface area contributed by atoms with E-state index in [9.17, 15) is 0 Å². The van der Waals surface area contributed by atoms with Crippen LogP contribution in [0.4, 0.5) is 5.82 Å².